The van der Waals surface area contributed by atoms with E-state index in [0.717, 1.165) is 18.6 Å². The zero-order valence-electron chi connectivity index (χ0n) is 10.5. The smallest absolute Gasteiger partial charge is 0.338 e. The Balaban J connectivity index is 2.87. The number of hydrogen-bond acceptors (Lipinski definition) is 1. The molecule has 19 heavy (non-hydrogen) atoms. The number of rotatable bonds is 5. The van der Waals surface area contributed by atoms with Gasteiger partial charge < -0.3 is 4.90 Å². The molecule has 0 N–H and O–H groups in total. The third-order valence-electron chi connectivity index (χ3n) is 2.59. The summed E-state index contributed by atoms with van der Waals surface area (Å²) in [4.78, 5) is 13.7. The Bertz CT molecular complexity index is 411. The first-order valence-corrected chi connectivity index (χ1v) is 7.04. The molecule has 0 saturated carbocycles. The Labute approximate surface area is 118 Å². The molecule has 0 aromatic heterocycles. The van der Waals surface area contributed by atoms with Gasteiger partial charge in [-0.05, 0) is 30.7 Å². The van der Waals surface area contributed by atoms with Crippen molar-refractivity contribution in [3.05, 3.63) is 35.4 Å². The van der Waals surface area contributed by atoms with Crippen LogP contribution in [0.15, 0.2) is 24.3 Å². The van der Waals surface area contributed by atoms with Gasteiger partial charge in [-0.25, -0.2) is 0 Å². The summed E-state index contributed by atoms with van der Waals surface area (Å²) in [6, 6.07) is 4.32. The van der Waals surface area contributed by atoms with Crippen molar-refractivity contribution in [3.63, 3.8) is 0 Å². The van der Waals surface area contributed by atoms with Gasteiger partial charge >= 0.3 is 6.18 Å². The normalized spacial score (nSPS) is 11.4. The summed E-state index contributed by atoms with van der Waals surface area (Å²) in [6.45, 7) is 3.07. The fourth-order valence-corrected chi connectivity index (χ4v) is 2.10. The summed E-state index contributed by atoms with van der Waals surface area (Å²) < 4.78 is 37.3. The fourth-order valence-electron chi connectivity index (χ4n) is 1.67. The summed E-state index contributed by atoms with van der Waals surface area (Å²) >= 11 is 3.26. The Kier molecular flexibility index (Phi) is 5.85. The van der Waals surface area contributed by atoms with Gasteiger partial charge in [0, 0.05) is 24.0 Å². The lowest BCUT2D eigenvalue weighted by atomic mass is 10.1. The first kappa shape index (κ1) is 16.0. The maximum atomic E-state index is 12.4. The van der Waals surface area contributed by atoms with E-state index in [1.807, 2.05) is 6.92 Å². The SMILES string of the molecule is CCCN(CCBr)C(=O)c1ccc(C(F)(F)F)cc1. The van der Waals surface area contributed by atoms with Crippen molar-refractivity contribution in [2.75, 3.05) is 18.4 Å². The molecule has 6 heteroatoms. The highest BCUT2D eigenvalue weighted by Crippen LogP contribution is 2.29. The fraction of sp³-hybridized carbons (Fsp3) is 0.462. The number of hydrogen-bond donors (Lipinski definition) is 0. The lowest BCUT2D eigenvalue weighted by Crippen LogP contribution is -2.33. The summed E-state index contributed by atoms with van der Waals surface area (Å²) in [7, 11) is 0. The van der Waals surface area contributed by atoms with Crippen LogP contribution in [0.25, 0.3) is 0 Å². The van der Waals surface area contributed by atoms with Gasteiger partial charge in [-0.3, -0.25) is 4.79 Å². The van der Waals surface area contributed by atoms with Gasteiger partial charge in [0.2, 0.25) is 0 Å². The van der Waals surface area contributed by atoms with E-state index in [2.05, 4.69) is 15.9 Å². The Morgan fingerprint density at radius 2 is 1.79 bits per heavy atom. The number of alkyl halides is 4. The zero-order chi connectivity index (χ0) is 14.5. The van der Waals surface area contributed by atoms with Crippen molar-refractivity contribution in [2.24, 2.45) is 0 Å². The molecule has 1 aromatic carbocycles. The standard InChI is InChI=1S/C13H15BrF3NO/c1-2-8-18(9-7-14)12(19)10-3-5-11(6-4-10)13(15,16)17/h3-6H,2,7-9H2,1H3. The minimum Gasteiger partial charge on any atom is -0.338 e. The average molecular weight is 338 g/mol. The molecule has 1 rings (SSSR count). The second kappa shape index (κ2) is 6.93. The number of carbonyl (C=O) groups excluding carboxylic acids is 1. The van der Waals surface area contributed by atoms with Crippen molar-refractivity contribution in [1.82, 2.24) is 4.90 Å². The maximum Gasteiger partial charge on any atom is 0.416 e. The molecule has 0 bridgehead atoms. The van der Waals surface area contributed by atoms with E-state index in [4.69, 9.17) is 0 Å². The minimum atomic E-state index is -4.37. The maximum absolute atomic E-state index is 12.4. The lowest BCUT2D eigenvalue weighted by molar-refractivity contribution is -0.137. The van der Waals surface area contributed by atoms with Crippen LogP contribution in [0.4, 0.5) is 13.2 Å². The van der Waals surface area contributed by atoms with Crippen molar-refractivity contribution >= 4 is 21.8 Å². The molecule has 0 aliphatic heterocycles. The molecule has 0 heterocycles. The van der Waals surface area contributed by atoms with Gasteiger partial charge in [0.05, 0.1) is 5.56 Å². The molecule has 0 spiro atoms. The molecular formula is C13H15BrF3NO. The summed E-state index contributed by atoms with van der Waals surface area (Å²) in [6.07, 6.45) is -3.57. The number of carbonyl (C=O) groups is 1. The van der Waals surface area contributed by atoms with Crippen LogP contribution in [-0.4, -0.2) is 29.2 Å². The van der Waals surface area contributed by atoms with Gasteiger partial charge in [0.25, 0.3) is 5.91 Å². The van der Waals surface area contributed by atoms with Crippen molar-refractivity contribution in [2.45, 2.75) is 19.5 Å². The third kappa shape index (κ3) is 4.53. The van der Waals surface area contributed by atoms with E-state index in [-0.39, 0.29) is 11.5 Å². The van der Waals surface area contributed by atoms with Crippen LogP contribution in [0.5, 0.6) is 0 Å². The van der Waals surface area contributed by atoms with Gasteiger partial charge in [0.15, 0.2) is 0 Å². The quantitative estimate of drug-likeness (QED) is 0.745. The minimum absolute atomic E-state index is 0.241. The van der Waals surface area contributed by atoms with Crippen LogP contribution in [0.3, 0.4) is 0 Å². The first-order chi connectivity index (χ1) is 8.90. The van der Waals surface area contributed by atoms with E-state index >= 15 is 0 Å². The molecule has 0 unspecified atom stereocenters. The summed E-state index contributed by atoms with van der Waals surface area (Å²) in [5.74, 6) is -0.241. The second-order valence-electron chi connectivity index (χ2n) is 4.06. The first-order valence-electron chi connectivity index (χ1n) is 5.92. The molecule has 0 saturated heterocycles. The lowest BCUT2D eigenvalue weighted by Gasteiger charge is -2.21. The van der Waals surface area contributed by atoms with Gasteiger partial charge in [-0.2, -0.15) is 13.2 Å². The van der Waals surface area contributed by atoms with Gasteiger partial charge in [-0.1, -0.05) is 22.9 Å². The van der Waals surface area contributed by atoms with Crippen LogP contribution in [0.1, 0.15) is 29.3 Å². The molecule has 0 atom stereocenters. The Hall–Kier alpha value is -1.04. The highest BCUT2D eigenvalue weighted by molar-refractivity contribution is 9.09. The molecule has 0 aliphatic rings. The zero-order valence-corrected chi connectivity index (χ0v) is 12.1. The van der Waals surface area contributed by atoms with E-state index < -0.39 is 11.7 Å². The summed E-state index contributed by atoms with van der Waals surface area (Å²) in [5, 5.41) is 0.638. The van der Waals surface area contributed by atoms with Crippen LogP contribution in [-0.2, 0) is 6.18 Å². The van der Waals surface area contributed by atoms with E-state index in [9.17, 15) is 18.0 Å². The van der Waals surface area contributed by atoms with E-state index in [1.54, 1.807) is 4.90 Å². The number of nitrogens with zero attached hydrogens (tertiary/aromatic N) is 1. The van der Waals surface area contributed by atoms with Crippen molar-refractivity contribution < 1.29 is 18.0 Å². The van der Waals surface area contributed by atoms with Gasteiger partial charge in [-0.15, -0.1) is 0 Å². The molecule has 106 valence electrons. The van der Waals surface area contributed by atoms with Gasteiger partial charge in [0.1, 0.15) is 0 Å². The molecule has 0 fully saturated rings. The molecule has 0 aliphatic carbocycles. The molecule has 2 nitrogen and oxygen atoms in total. The van der Waals surface area contributed by atoms with E-state index in [0.29, 0.717) is 18.4 Å². The second-order valence-corrected chi connectivity index (χ2v) is 4.85. The predicted octanol–water partition coefficient (Wildman–Crippen LogP) is 3.95. The average Bonchev–Trinajstić information content (AvgIpc) is 2.37. The summed E-state index contributed by atoms with van der Waals surface area (Å²) in [5.41, 5.74) is -0.464. The Morgan fingerprint density at radius 3 is 2.21 bits per heavy atom. The number of amides is 1. The van der Waals surface area contributed by atoms with Crippen molar-refractivity contribution in [1.29, 1.82) is 0 Å². The highest BCUT2D eigenvalue weighted by Gasteiger charge is 2.30. The number of benzene rings is 1. The monoisotopic (exact) mass is 337 g/mol. The van der Waals surface area contributed by atoms with Crippen LogP contribution in [0.2, 0.25) is 0 Å². The molecular weight excluding hydrogens is 323 g/mol. The topological polar surface area (TPSA) is 20.3 Å². The van der Waals surface area contributed by atoms with Crippen LogP contribution in [0, 0.1) is 0 Å². The number of halogens is 4. The van der Waals surface area contributed by atoms with E-state index in [1.165, 1.54) is 12.1 Å². The van der Waals surface area contributed by atoms with Crippen molar-refractivity contribution in [3.8, 4) is 0 Å². The molecule has 0 radical (unpaired) electrons. The van der Waals surface area contributed by atoms with Crippen LogP contribution >= 0.6 is 15.9 Å². The molecule has 1 aromatic rings. The van der Waals surface area contributed by atoms with Crippen LogP contribution < -0.4 is 0 Å². The largest absolute Gasteiger partial charge is 0.416 e. The third-order valence-corrected chi connectivity index (χ3v) is 2.95. The molecule has 1 amide bonds. The highest BCUT2D eigenvalue weighted by atomic mass is 79.9. The Morgan fingerprint density at radius 1 is 1.21 bits per heavy atom. The predicted molar refractivity (Wildman–Crippen MR) is 71.4 cm³/mol.